The number of likely N-dealkylation sites (tertiary alicyclic amines) is 1. The van der Waals surface area contributed by atoms with Gasteiger partial charge in [-0.15, -0.1) is 0 Å². The lowest BCUT2D eigenvalue weighted by Gasteiger charge is -2.45. The topological polar surface area (TPSA) is 152 Å². The van der Waals surface area contributed by atoms with E-state index in [1.165, 1.54) is 12.8 Å². The fourth-order valence-electron chi connectivity index (χ4n) is 3.38. The molecule has 29 heavy (non-hydrogen) atoms. The summed E-state index contributed by atoms with van der Waals surface area (Å²) in [7, 11) is -4.63. The number of carbonyl (C=O) groups is 1. The summed E-state index contributed by atoms with van der Waals surface area (Å²) < 4.78 is 21.5. The lowest BCUT2D eigenvalue weighted by atomic mass is 9.93. The van der Waals surface area contributed by atoms with Crippen molar-refractivity contribution < 1.29 is 33.5 Å². The van der Waals surface area contributed by atoms with E-state index in [0.29, 0.717) is 19.4 Å². The first-order valence-corrected chi connectivity index (χ1v) is 11.3. The highest BCUT2D eigenvalue weighted by Crippen LogP contribution is 2.42. The van der Waals surface area contributed by atoms with Crippen LogP contribution in [-0.4, -0.2) is 51.2 Å². The van der Waals surface area contributed by atoms with E-state index in [0.717, 1.165) is 35.5 Å². The van der Waals surface area contributed by atoms with E-state index in [2.05, 4.69) is 6.92 Å². The second-order valence-corrected chi connectivity index (χ2v) is 8.28. The van der Waals surface area contributed by atoms with Gasteiger partial charge in [0.1, 0.15) is 11.9 Å². The molecule has 0 spiro atoms. The minimum Gasteiger partial charge on any atom is -0.494 e. The Kier molecular flexibility index (Phi) is 10.6. The predicted octanol–water partition coefficient (Wildman–Crippen LogP) is 3.97. The van der Waals surface area contributed by atoms with Crippen molar-refractivity contribution >= 4 is 13.9 Å². The van der Waals surface area contributed by atoms with Crippen LogP contribution in [0.15, 0.2) is 24.3 Å². The lowest BCUT2D eigenvalue weighted by Crippen LogP contribution is -2.62. The van der Waals surface area contributed by atoms with Crippen LogP contribution in [0, 0.1) is 0 Å². The molecule has 1 saturated heterocycles. The van der Waals surface area contributed by atoms with Gasteiger partial charge in [-0.1, -0.05) is 38.3 Å². The number of ether oxygens (including phenoxy) is 1. The van der Waals surface area contributed by atoms with Crippen molar-refractivity contribution in [2.75, 3.05) is 13.2 Å². The molecule has 1 aromatic carbocycles. The molecule has 0 saturated carbocycles. The number of rotatable bonds is 12. The Morgan fingerprint density at radius 2 is 2.00 bits per heavy atom. The van der Waals surface area contributed by atoms with Gasteiger partial charge in [-0.2, -0.15) is 0 Å². The number of amides is 1. The van der Waals surface area contributed by atoms with Crippen molar-refractivity contribution in [3.8, 4) is 5.75 Å². The number of aryl methyl sites for hydroxylation is 1. The van der Waals surface area contributed by atoms with Crippen LogP contribution in [0.1, 0.15) is 51.0 Å². The average molecular weight is 432 g/mol. The normalized spacial score (nSPS) is 18.7. The number of phosphoric acid groups is 1. The minimum atomic E-state index is -4.63. The molecule has 1 aliphatic rings. The smallest absolute Gasteiger partial charge is 0.469 e. The number of benzene rings is 1. The van der Waals surface area contributed by atoms with Crippen molar-refractivity contribution in [2.45, 2.75) is 64.0 Å². The third-order valence-electron chi connectivity index (χ3n) is 4.85. The highest BCUT2D eigenvalue weighted by Gasteiger charge is 2.45. The van der Waals surface area contributed by atoms with Gasteiger partial charge in [-0.25, -0.2) is 9.36 Å². The molecule has 10 heteroatoms. The lowest BCUT2D eigenvalue weighted by molar-refractivity contribution is -0.0474. The number of nitrogens with zero attached hydrogens (tertiary/aromatic N) is 1. The molecule has 0 bridgehead atoms. The zero-order valence-corrected chi connectivity index (χ0v) is 17.8. The molecule has 1 fully saturated rings. The van der Waals surface area contributed by atoms with E-state index < -0.39 is 26.1 Å². The monoisotopic (exact) mass is 432 g/mol. The van der Waals surface area contributed by atoms with E-state index in [-0.39, 0.29) is 12.7 Å². The number of phosphoric ester groups is 1. The summed E-state index contributed by atoms with van der Waals surface area (Å²) in [5.41, 5.74) is 1.08. The Morgan fingerprint density at radius 1 is 1.24 bits per heavy atom. The van der Waals surface area contributed by atoms with E-state index >= 15 is 0 Å². The first-order chi connectivity index (χ1) is 13.3. The van der Waals surface area contributed by atoms with Crippen LogP contribution in [0.2, 0.25) is 0 Å². The van der Waals surface area contributed by atoms with Gasteiger partial charge >= 0.3 is 13.9 Å². The highest BCUT2D eigenvalue weighted by molar-refractivity contribution is 7.46. The SMILES string of the molecule is CCCCCCOc1cccc(CCCC2C(OP(=O)(O)O)CN2C(=O)O)c1.N. The molecule has 0 aliphatic carbocycles. The molecule has 1 amide bonds. The van der Waals surface area contributed by atoms with Crippen molar-refractivity contribution in [3.63, 3.8) is 0 Å². The highest BCUT2D eigenvalue weighted by atomic mass is 31.2. The molecule has 6 N–H and O–H groups in total. The standard InChI is InChI=1S/C19H30NO7P.H3N/c1-2-3-4-5-12-26-16-10-6-8-15(13-16)9-7-11-17-18(27-28(23,24)25)14-20(17)19(21)22;/h6,8,10,13,17-18H,2-5,7,9,11-12,14H2,1H3,(H,21,22)(H2,23,24,25);1H3. The van der Waals surface area contributed by atoms with Crippen LogP contribution in [0.4, 0.5) is 4.79 Å². The van der Waals surface area contributed by atoms with Gasteiger partial charge in [0, 0.05) is 0 Å². The molecular formula is C19H33N2O7P. The van der Waals surface area contributed by atoms with Gasteiger partial charge in [-0.3, -0.25) is 9.42 Å². The van der Waals surface area contributed by atoms with Crippen LogP contribution in [0.5, 0.6) is 5.75 Å². The van der Waals surface area contributed by atoms with Crippen LogP contribution in [0.3, 0.4) is 0 Å². The van der Waals surface area contributed by atoms with Crippen molar-refractivity contribution in [1.29, 1.82) is 0 Å². The molecule has 0 radical (unpaired) electrons. The predicted molar refractivity (Wildman–Crippen MR) is 109 cm³/mol. The van der Waals surface area contributed by atoms with Gasteiger partial charge in [-0.05, 0) is 43.4 Å². The molecule has 1 aliphatic heterocycles. The van der Waals surface area contributed by atoms with E-state index in [4.69, 9.17) is 24.2 Å². The molecule has 1 aromatic rings. The molecule has 166 valence electrons. The summed E-state index contributed by atoms with van der Waals surface area (Å²) in [5, 5.41) is 9.17. The summed E-state index contributed by atoms with van der Waals surface area (Å²) in [6.45, 7) is 2.84. The average Bonchev–Trinajstić information content (AvgIpc) is 2.61. The molecule has 0 aromatic heterocycles. The summed E-state index contributed by atoms with van der Waals surface area (Å²) >= 11 is 0. The van der Waals surface area contributed by atoms with Gasteiger partial charge in [0.15, 0.2) is 0 Å². The summed E-state index contributed by atoms with van der Waals surface area (Å²) in [6.07, 6.45) is 4.60. The first kappa shape index (κ1) is 25.4. The van der Waals surface area contributed by atoms with Crippen LogP contribution in [0.25, 0.3) is 0 Å². The third kappa shape index (κ3) is 8.72. The maximum atomic E-state index is 11.2. The fourth-order valence-corrected chi connectivity index (χ4v) is 3.94. The number of hydrogen-bond donors (Lipinski definition) is 4. The number of unbranched alkanes of at least 4 members (excludes halogenated alkanes) is 3. The number of carboxylic acid groups (broad SMARTS) is 1. The minimum absolute atomic E-state index is 0. The summed E-state index contributed by atoms with van der Waals surface area (Å²) in [4.78, 5) is 30.3. The van der Waals surface area contributed by atoms with Gasteiger partial charge in [0.05, 0.1) is 19.2 Å². The molecular weight excluding hydrogens is 399 g/mol. The maximum Gasteiger partial charge on any atom is 0.469 e. The molecule has 2 unspecified atom stereocenters. The van der Waals surface area contributed by atoms with Crippen molar-refractivity contribution in [3.05, 3.63) is 29.8 Å². The Morgan fingerprint density at radius 3 is 2.66 bits per heavy atom. The molecule has 1 heterocycles. The van der Waals surface area contributed by atoms with Crippen molar-refractivity contribution in [2.24, 2.45) is 0 Å². The fraction of sp³-hybridized carbons (Fsp3) is 0.632. The molecule has 9 nitrogen and oxygen atoms in total. The summed E-state index contributed by atoms with van der Waals surface area (Å²) in [5.74, 6) is 0.826. The molecule has 2 rings (SSSR count). The van der Waals surface area contributed by atoms with E-state index in [1.54, 1.807) is 0 Å². The Balaban J connectivity index is 0.00000420. The zero-order chi connectivity index (χ0) is 20.6. The van der Waals surface area contributed by atoms with Crippen molar-refractivity contribution in [1.82, 2.24) is 11.1 Å². The Hall–Kier alpha value is -1.64. The number of hydrogen-bond acceptors (Lipinski definition) is 5. The second kappa shape index (κ2) is 12.1. The van der Waals surface area contributed by atoms with E-state index in [1.807, 2.05) is 24.3 Å². The largest absolute Gasteiger partial charge is 0.494 e. The van der Waals surface area contributed by atoms with Crippen LogP contribution >= 0.6 is 7.82 Å². The summed E-state index contributed by atoms with van der Waals surface area (Å²) in [6, 6.07) is 7.29. The third-order valence-corrected chi connectivity index (χ3v) is 5.40. The maximum absolute atomic E-state index is 11.2. The zero-order valence-electron chi connectivity index (χ0n) is 16.9. The molecule has 2 atom stereocenters. The first-order valence-electron chi connectivity index (χ1n) is 9.75. The van der Waals surface area contributed by atoms with E-state index in [9.17, 15) is 9.36 Å². The van der Waals surface area contributed by atoms with Gasteiger partial charge in [0.2, 0.25) is 0 Å². The Bertz CT molecular complexity index is 682. The van der Waals surface area contributed by atoms with Gasteiger partial charge < -0.3 is 25.8 Å². The second-order valence-electron chi connectivity index (χ2n) is 7.09. The quantitative estimate of drug-likeness (QED) is 0.286. The van der Waals surface area contributed by atoms with Crippen LogP contribution < -0.4 is 10.9 Å². The Labute approximate surface area is 171 Å². The van der Waals surface area contributed by atoms with Crippen LogP contribution in [-0.2, 0) is 15.5 Å². The van der Waals surface area contributed by atoms with Gasteiger partial charge in [0.25, 0.3) is 0 Å².